The standard InChI is InChI=1S/C9H10N2O2/c1-13-9(12)6-2-3-11-8-5-10-4-7(6)8/h2-3,10H,4-5H2,1H3. The highest BCUT2D eigenvalue weighted by molar-refractivity contribution is 5.91. The van der Waals surface area contributed by atoms with E-state index < -0.39 is 0 Å². The van der Waals surface area contributed by atoms with E-state index in [1.54, 1.807) is 12.3 Å². The number of nitrogens with one attached hydrogen (secondary N) is 1. The quantitative estimate of drug-likeness (QED) is 0.635. The number of aromatic nitrogens is 1. The second-order valence-electron chi connectivity index (χ2n) is 2.88. The van der Waals surface area contributed by atoms with Gasteiger partial charge in [0.05, 0.1) is 18.4 Å². The fourth-order valence-electron chi connectivity index (χ4n) is 1.49. The van der Waals surface area contributed by atoms with E-state index in [9.17, 15) is 4.79 Å². The van der Waals surface area contributed by atoms with Crippen molar-refractivity contribution in [3.8, 4) is 0 Å². The van der Waals surface area contributed by atoms with E-state index >= 15 is 0 Å². The van der Waals surface area contributed by atoms with Gasteiger partial charge in [-0.1, -0.05) is 0 Å². The molecule has 1 N–H and O–H groups in total. The summed E-state index contributed by atoms with van der Waals surface area (Å²) in [7, 11) is 1.39. The van der Waals surface area contributed by atoms with Crippen molar-refractivity contribution in [1.82, 2.24) is 10.3 Å². The van der Waals surface area contributed by atoms with E-state index in [0.29, 0.717) is 12.1 Å². The number of nitrogens with zero attached hydrogens (tertiary/aromatic N) is 1. The van der Waals surface area contributed by atoms with Crippen LogP contribution in [0.3, 0.4) is 0 Å². The van der Waals surface area contributed by atoms with Crippen LogP contribution in [0.2, 0.25) is 0 Å². The first-order valence-electron chi connectivity index (χ1n) is 4.08. The molecule has 4 nitrogen and oxygen atoms in total. The molecule has 0 saturated carbocycles. The first-order chi connectivity index (χ1) is 6.33. The Balaban J connectivity index is 2.47. The molecule has 0 unspecified atom stereocenters. The molecule has 0 spiro atoms. The minimum absolute atomic E-state index is 0.289. The molecule has 0 radical (unpaired) electrons. The number of methoxy groups -OCH3 is 1. The first kappa shape index (κ1) is 8.19. The topological polar surface area (TPSA) is 51.2 Å². The lowest BCUT2D eigenvalue weighted by molar-refractivity contribution is 0.0599. The lowest BCUT2D eigenvalue weighted by Gasteiger charge is -2.03. The average molecular weight is 178 g/mol. The van der Waals surface area contributed by atoms with Gasteiger partial charge in [0.1, 0.15) is 0 Å². The third kappa shape index (κ3) is 1.29. The first-order valence-corrected chi connectivity index (χ1v) is 4.08. The van der Waals surface area contributed by atoms with Crippen LogP contribution in [0.15, 0.2) is 12.3 Å². The molecule has 1 aliphatic rings. The van der Waals surface area contributed by atoms with Crippen molar-refractivity contribution < 1.29 is 9.53 Å². The third-order valence-electron chi connectivity index (χ3n) is 2.14. The van der Waals surface area contributed by atoms with E-state index in [-0.39, 0.29) is 5.97 Å². The van der Waals surface area contributed by atoms with E-state index in [0.717, 1.165) is 17.8 Å². The summed E-state index contributed by atoms with van der Waals surface area (Å²) in [6.07, 6.45) is 1.64. The van der Waals surface area contributed by atoms with Crippen molar-refractivity contribution in [2.75, 3.05) is 7.11 Å². The molecule has 0 fully saturated rings. The third-order valence-corrected chi connectivity index (χ3v) is 2.14. The van der Waals surface area contributed by atoms with Gasteiger partial charge in [-0.2, -0.15) is 0 Å². The van der Waals surface area contributed by atoms with Crippen LogP contribution in [0.1, 0.15) is 21.6 Å². The minimum Gasteiger partial charge on any atom is -0.465 e. The van der Waals surface area contributed by atoms with Crippen LogP contribution in [0.4, 0.5) is 0 Å². The van der Waals surface area contributed by atoms with Crippen molar-refractivity contribution in [2.24, 2.45) is 0 Å². The number of carbonyl (C=O) groups is 1. The van der Waals surface area contributed by atoms with Gasteiger partial charge in [-0.25, -0.2) is 4.79 Å². The van der Waals surface area contributed by atoms with Gasteiger partial charge < -0.3 is 10.1 Å². The molecule has 1 aliphatic heterocycles. The fourth-order valence-corrected chi connectivity index (χ4v) is 1.49. The van der Waals surface area contributed by atoms with Crippen molar-refractivity contribution in [2.45, 2.75) is 13.1 Å². The van der Waals surface area contributed by atoms with Crippen molar-refractivity contribution in [1.29, 1.82) is 0 Å². The highest BCUT2D eigenvalue weighted by Gasteiger charge is 2.19. The van der Waals surface area contributed by atoms with Gasteiger partial charge in [-0.15, -0.1) is 0 Å². The lowest BCUT2D eigenvalue weighted by atomic mass is 10.1. The molecule has 0 saturated heterocycles. The number of hydrogen-bond acceptors (Lipinski definition) is 4. The van der Waals surface area contributed by atoms with Crippen LogP contribution in [-0.2, 0) is 17.8 Å². The predicted molar refractivity (Wildman–Crippen MR) is 46.1 cm³/mol. The summed E-state index contributed by atoms with van der Waals surface area (Å²) in [4.78, 5) is 15.5. The summed E-state index contributed by atoms with van der Waals surface area (Å²) in [6, 6.07) is 1.69. The highest BCUT2D eigenvalue weighted by Crippen LogP contribution is 2.17. The summed E-state index contributed by atoms with van der Waals surface area (Å²) in [6.45, 7) is 1.44. The minimum atomic E-state index is -0.289. The summed E-state index contributed by atoms with van der Waals surface area (Å²) >= 11 is 0. The van der Waals surface area contributed by atoms with Crippen LogP contribution in [0.25, 0.3) is 0 Å². The Bertz CT molecular complexity index is 349. The zero-order valence-corrected chi connectivity index (χ0v) is 7.33. The lowest BCUT2D eigenvalue weighted by Crippen LogP contribution is -2.07. The molecule has 2 rings (SSSR count). The molecule has 4 heteroatoms. The van der Waals surface area contributed by atoms with Crippen LogP contribution in [0.5, 0.6) is 0 Å². The molecular weight excluding hydrogens is 168 g/mol. The zero-order valence-electron chi connectivity index (χ0n) is 7.33. The molecule has 0 aromatic carbocycles. The molecule has 0 bridgehead atoms. The van der Waals surface area contributed by atoms with Crippen LogP contribution < -0.4 is 5.32 Å². The van der Waals surface area contributed by atoms with Crippen molar-refractivity contribution in [3.05, 3.63) is 29.1 Å². The Morgan fingerprint density at radius 3 is 3.23 bits per heavy atom. The number of esters is 1. The largest absolute Gasteiger partial charge is 0.465 e. The van der Waals surface area contributed by atoms with E-state index in [1.165, 1.54) is 7.11 Å². The molecule has 1 aromatic rings. The van der Waals surface area contributed by atoms with Crippen LogP contribution in [-0.4, -0.2) is 18.1 Å². The van der Waals surface area contributed by atoms with Gasteiger partial charge in [0, 0.05) is 24.8 Å². The van der Waals surface area contributed by atoms with Crippen LogP contribution in [0, 0.1) is 0 Å². The Kier molecular flexibility index (Phi) is 1.98. The van der Waals surface area contributed by atoms with Crippen molar-refractivity contribution in [3.63, 3.8) is 0 Å². The average Bonchev–Trinajstić information content (AvgIpc) is 2.63. The summed E-state index contributed by atoms with van der Waals surface area (Å²) in [5.41, 5.74) is 2.54. The van der Waals surface area contributed by atoms with Gasteiger partial charge in [0.25, 0.3) is 0 Å². The van der Waals surface area contributed by atoms with Gasteiger partial charge in [0.15, 0.2) is 0 Å². The van der Waals surface area contributed by atoms with E-state index in [2.05, 4.69) is 15.0 Å². The molecule has 2 heterocycles. The number of hydrogen-bond donors (Lipinski definition) is 1. The number of fused-ring (bicyclic) bond motifs is 1. The number of pyridine rings is 1. The van der Waals surface area contributed by atoms with E-state index in [4.69, 9.17) is 0 Å². The van der Waals surface area contributed by atoms with Gasteiger partial charge >= 0.3 is 5.97 Å². The van der Waals surface area contributed by atoms with Gasteiger partial charge in [-0.3, -0.25) is 4.98 Å². The highest BCUT2D eigenvalue weighted by atomic mass is 16.5. The second kappa shape index (κ2) is 3.14. The smallest absolute Gasteiger partial charge is 0.338 e. The maximum absolute atomic E-state index is 11.3. The normalized spacial score (nSPS) is 13.9. The monoisotopic (exact) mass is 178 g/mol. The Morgan fingerprint density at radius 2 is 2.46 bits per heavy atom. The SMILES string of the molecule is COC(=O)c1ccnc2c1CNC2. The number of carbonyl (C=O) groups excluding carboxylic acids is 1. The molecule has 0 aliphatic carbocycles. The fraction of sp³-hybridized carbons (Fsp3) is 0.333. The molecule has 0 atom stereocenters. The molecule has 1 aromatic heterocycles. The zero-order chi connectivity index (χ0) is 9.26. The summed E-state index contributed by atoms with van der Waals surface area (Å²) in [5.74, 6) is -0.289. The van der Waals surface area contributed by atoms with Crippen molar-refractivity contribution >= 4 is 5.97 Å². The Hall–Kier alpha value is -1.42. The maximum atomic E-state index is 11.3. The van der Waals surface area contributed by atoms with Gasteiger partial charge in [-0.05, 0) is 6.07 Å². The maximum Gasteiger partial charge on any atom is 0.338 e. The molecule has 13 heavy (non-hydrogen) atoms. The molecule has 0 amide bonds. The number of ether oxygens (including phenoxy) is 1. The molecule has 68 valence electrons. The Labute approximate surface area is 75.9 Å². The summed E-state index contributed by atoms with van der Waals surface area (Å²) in [5, 5.41) is 3.14. The Morgan fingerprint density at radius 1 is 1.62 bits per heavy atom. The van der Waals surface area contributed by atoms with Gasteiger partial charge in [0.2, 0.25) is 0 Å². The molecular formula is C9H10N2O2. The predicted octanol–water partition coefficient (Wildman–Crippen LogP) is 0.471. The summed E-state index contributed by atoms with van der Waals surface area (Å²) < 4.78 is 4.67. The van der Waals surface area contributed by atoms with E-state index in [1.807, 2.05) is 0 Å². The second-order valence-corrected chi connectivity index (χ2v) is 2.88. The number of rotatable bonds is 1. The van der Waals surface area contributed by atoms with Crippen LogP contribution >= 0.6 is 0 Å².